The van der Waals surface area contributed by atoms with E-state index in [2.05, 4.69) is 0 Å². The van der Waals surface area contributed by atoms with E-state index in [1.807, 2.05) is 12.1 Å². The van der Waals surface area contributed by atoms with Crippen LogP contribution >= 0.6 is 0 Å². The molecule has 0 radical (unpaired) electrons. The van der Waals surface area contributed by atoms with Crippen molar-refractivity contribution in [2.45, 2.75) is 26.2 Å². The number of amides is 3. The first-order chi connectivity index (χ1) is 11.0. The van der Waals surface area contributed by atoms with Crippen LogP contribution in [0.25, 0.3) is 0 Å². The molecule has 2 aliphatic heterocycles. The van der Waals surface area contributed by atoms with E-state index in [1.54, 1.807) is 22.8 Å². The second kappa shape index (κ2) is 6.02. The van der Waals surface area contributed by atoms with Gasteiger partial charge in [0.25, 0.3) is 5.91 Å². The van der Waals surface area contributed by atoms with Crippen molar-refractivity contribution >= 4 is 23.4 Å². The summed E-state index contributed by atoms with van der Waals surface area (Å²) in [4.78, 5) is 38.9. The van der Waals surface area contributed by atoms with Gasteiger partial charge in [0.05, 0.1) is 0 Å². The third-order valence-electron chi connectivity index (χ3n) is 4.79. The lowest BCUT2D eigenvalue weighted by atomic mass is 9.95. The molecule has 1 aromatic rings. The number of fused-ring (bicyclic) bond motifs is 1. The number of carbonyl (C=O) groups is 3. The summed E-state index contributed by atoms with van der Waals surface area (Å²) in [5.74, 6) is -0.393. The second-order valence-corrected chi connectivity index (χ2v) is 6.23. The summed E-state index contributed by atoms with van der Waals surface area (Å²) in [6, 6.07) is 5.52. The van der Waals surface area contributed by atoms with E-state index in [1.165, 1.54) is 0 Å². The lowest BCUT2D eigenvalue weighted by Gasteiger charge is -2.30. The highest BCUT2D eigenvalue weighted by molar-refractivity contribution is 5.98. The van der Waals surface area contributed by atoms with Crippen LogP contribution in [0.15, 0.2) is 18.2 Å². The normalized spacial score (nSPS) is 18.0. The van der Waals surface area contributed by atoms with E-state index in [-0.39, 0.29) is 23.6 Å². The number of likely N-dealkylation sites (tertiary alicyclic amines) is 1. The lowest BCUT2D eigenvalue weighted by molar-refractivity contribution is -0.123. The molecule has 6 nitrogen and oxygen atoms in total. The highest BCUT2D eigenvalue weighted by Crippen LogP contribution is 2.29. The Labute approximate surface area is 135 Å². The number of carbonyl (C=O) groups excluding carboxylic acids is 3. The molecule has 0 spiro atoms. The number of nitrogens with zero attached hydrogens (tertiary/aromatic N) is 2. The maximum absolute atomic E-state index is 12.6. The van der Waals surface area contributed by atoms with Crippen LogP contribution in [0.5, 0.6) is 0 Å². The minimum atomic E-state index is -0.279. The Morgan fingerprint density at radius 1 is 1.13 bits per heavy atom. The maximum Gasteiger partial charge on any atom is 0.253 e. The molecule has 3 amide bonds. The minimum Gasteiger partial charge on any atom is -0.369 e. The summed E-state index contributed by atoms with van der Waals surface area (Å²) in [6.07, 6.45) is 2.04. The van der Waals surface area contributed by atoms with E-state index in [0.717, 1.165) is 17.7 Å². The Morgan fingerprint density at radius 3 is 2.43 bits per heavy atom. The Balaban J connectivity index is 1.72. The summed E-state index contributed by atoms with van der Waals surface area (Å²) in [5.41, 5.74) is 7.91. The van der Waals surface area contributed by atoms with Gasteiger partial charge in [-0.05, 0) is 43.0 Å². The van der Waals surface area contributed by atoms with Crippen LogP contribution in [0.4, 0.5) is 5.69 Å². The fraction of sp³-hybridized carbons (Fsp3) is 0.471. The standard InChI is InChI=1S/C17H21N3O3/c1-11(21)20-9-6-13-10-14(2-3-15(13)20)17(23)19-7-4-12(5-8-19)16(18)22/h2-3,10,12H,4-9H2,1H3,(H2,18,22). The number of benzene rings is 1. The molecule has 0 aliphatic carbocycles. The Kier molecular flexibility index (Phi) is 4.07. The number of piperidine rings is 1. The summed E-state index contributed by atoms with van der Waals surface area (Å²) in [5, 5.41) is 0. The second-order valence-electron chi connectivity index (χ2n) is 6.23. The summed E-state index contributed by atoms with van der Waals surface area (Å²) < 4.78 is 0. The fourth-order valence-corrected chi connectivity index (χ4v) is 3.41. The van der Waals surface area contributed by atoms with Crippen LogP contribution in [-0.4, -0.2) is 42.3 Å². The maximum atomic E-state index is 12.6. The van der Waals surface area contributed by atoms with E-state index in [0.29, 0.717) is 38.0 Å². The van der Waals surface area contributed by atoms with E-state index in [9.17, 15) is 14.4 Å². The monoisotopic (exact) mass is 315 g/mol. The largest absolute Gasteiger partial charge is 0.369 e. The van der Waals surface area contributed by atoms with Crippen LogP contribution in [0, 0.1) is 5.92 Å². The van der Waals surface area contributed by atoms with E-state index >= 15 is 0 Å². The molecular formula is C17H21N3O3. The molecule has 1 aromatic carbocycles. The first-order valence-corrected chi connectivity index (χ1v) is 7.97. The molecule has 1 fully saturated rings. The number of anilines is 1. The van der Waals surface area contributed by atoms with Gasteiger partial charge in [0.1, 0.15) is 0 Å². The van der Waals surface area contributed by atoms with Gasteiger partial charge >= 0.3 is 0 Å². The average Bonchev–Trinajstić information content (AvgIpc) is 2.97. The molecule has 0 unspecified atom stereocenters. The third-order valence-corrected chi connectivity index (χ3v) is 4.79. The van der Waals surface area contributed by atoms with Crippen LogP contribution in [0.3, 0.4) is 0 Å². The first-order valence-electron chi connectivity index (χ1n) is 7.97. The number of hydrogen-bond acceptors (Lipinski definition) is 3. The van der Waals surface area contributed by atoms with Gasteiger partial charge in [-0.2, -0.15) is 0 Å². The SMILES string of the molecule is CC(=O)N1CCc2cc(C(=O)N3CCC(C(N)=O)CC3)ccc21. The highest BCUT2D eigenvalue weighted by atomic mass is 16.2. The number of hydrogen-bond donors (Lipinski definition) is 1. The van der Waals surface area contributed by atoms with E-state index < -0.39 is 0 Å². The van der Waals surface area contributed by atoms with Gasteiger partial charge in [-0.15, -0.1) is 0 Å². The molecular weight excluding hydrogens is 294 g/mol. The van der Waals surface area contributed by atoms with Gasteiger partial charge in [-0.3, -0.25) is 14.4 Å². The third kappa shape index (κ3) is 2.93. The predicted molar refractivity (Wildman–Crippen MR) is 86.0 cm³/mol. The van der Waals surface area contributed by atoms with E-state index in [4.69, 9.17) is 5.73 Å². The van der Waals surface area contributed by atoms with Crippen molar-refractivity contribution in [2.75, 3.05) is 24.5 Å². The Morgan fingerprint density at radius 2 is 1.83 bits per heavy atom. The van der Waals surface area contributed by atoms with Gasteiger partial charge < -0.3 is 15.5 Å². The molecule has 3 rings (SSSR count). The fourth-order valence-electron chi connectivity index (χ4n) is 3.41. The minimum absolute atomic E-state index is 0.0167. The zero-order valence-corrected chi connectivity index (χ0v) is 13.2. The molecule has 0 saturated carbocycles. The number of nitrogens with two attached hydrogens (primary N) is 1. The molecule has 2 aliphatic rings. The first kappa shape index (κ1) is 15.5. The van der Waals surface area contributed by atoms with Crippen molar-refractivity contribution < 1.29 is 14.4 Å². The van der Waals surface area contributed by atoms with Gasteiger partial charge in [-0.1, -0.05) is 0 Å². The molecule has 23 heavy (non-hydrogen) atoms. The van der Waals surface area contributed by atoms with Gasteiger partial charge in [0.15, 0.2) is 0 Å². The lowest BCUT2D eigenvalue weighted by Crippen LogP contribution is -2.41. The van der Waals surface area contributed by atoms with Crippen molar-refractivity contribution in [3.8, 4) is 0 Å². The van der Waals surface area contributed by atoms with Crippen LogP contribution in [0.2, 0.25) is 0 Å². The van der Waals surface area contributed by atoms with Crippen molar-refractivity contribution in [3.05, 3.63) is 29.3 Å². The van der Waals surface area contributed by atoms with Crippen LogP contribution in [-0.2, 0) is 16.0 Å². The molecule has 0 bridgehead atoms. The summed E-state index contributed by atoms with van der Waals surface area (Å²) in [7, 11) is 0. The van der Waals surface area contributed by atoms with Crippen molar-refractivity contribution in [1.82, 2.24) is 4.90 Å². The quantitative estimate of drug-likeness (QED) is 0.881. The molecule has 0 atom stereocenters. The van der Waals surface area contributed by atoms with Gasteiger partial charge in [0, 0.05) is 43.7 Å². The predicted octanol–water partition coefficient (Wildman–Crippen LogP) is 0.933. The summed E-state index contributed by atoms with van der Waals surface area (Å²) >= 11 is 0. The van der Waals surface area contributed by atoms with Crippen LogP contribution < -0.4 is 10.6 Å². The Bertz CT molecular complexity index is 663. The molecule has 1 saturated heterocycles. The molecule has 2 heterocycles. The Hall–Kier alpha value is -2.37. The van der Waals surface area contributed by atoms with Crippen molar-refractivity contribution in [3.63, 3.8) is 0 Å². The van der Waals surface area contributed by atoms with Crippen molar-refractivity contribution in [2.24, 2.45) is 11.7 Å². The highest BCUT2D eigenvalue weighted by Gasteiger charge is 2.28. The smallest absolute Gasteiger partial charge is 0.253 e. The molecule has 6 heteroatoms. The van der Waals surface area contributed by atoms with Gasteiger partial charge in [-0.25, -0.2) is 0 Å². The average molecular weight is 315 g/mol. The van der Waals surface area contributed by atoms with Crippen LogP contribution in [0.1, 0.15) is 35.7 Å². The van der Waals surface area contributed by atoms with Crippen molar-refractivity contribution in [1.29, 1.82) is 0 Å². The molecule has 2 N–H and O–H groups in total. The molecule has 122 valence electrons. The number of rotatable bonds is 2. The number of primary amides is 1. The topological polar surface area (TPSA) is 83.7 Å². The zero-order valence-electron chi connectivity index (χ0n) is 13.2. The molecule has 0 aromatic heterocycles. The zero-order chi connectivity index (χ0) is 16.6. The summed E-state index contributed by atoms with van der Waals surface area (Å²) in [6.45, 7) is 3.34. The van der Waals surface area contributed by atoms with Gasteiger partial charge in [0.2, 0.25) is 11.8 Å².